The van der Waals surface area contributed by atoms with E-state index in [0.29, 0.717) is 21.7 Å². The summed E-state index contributed by atoms with van der Waals surface area (Å²) < 4.78 is 2.07. The number of rotatable bonds is 5. The Morgan fingerprint density at radius 2 is 1.71 bits per heavy atom. The Kier molecular flexibility index (Phi) is 4.80. The SMILES string of the molecule is Cn1c2cc(CCCCO)ccc2c2c3c(c(-c4ccccc4Cl)cc21)C(=O)NC3=O. The van der Waals surface area contributed by atoms with Gasteiger partial charge in [0.15, 0.2) is 0 Å². The average molecular weight is 433 g/mol. The number of imide groups is 1. The van der Waals surface area contributed by atoms with Crippen molar-refractivity contribution in [3.05, 3.63) is 70.2 Å². The second-order valence-electron chi connectivity index (χ2n) is 7.92. The Morgan fingerprint density at radius 1 is 0.935 bits per heavy atom. The predicted octanol–water partition coefficient (Wildman–Crippen LogP) is 4.85. The number of nitrogens with zero attached hydrogens (tertiary/aromatic N) is 1. The van der Waals surface area contributed by atoms with Crippen LogP contribution in [0.15, 0.2) is 48.5 Å². The number of carbonyl (C=O) groups is 2. The van der Waals surface area contributed by atoms with Crippen LogP contribution in [-0.2, 0) is 13.5 Å². The molecule has 6 heteroatoms. The van der Waals surface area contributed by atoms with Crippen LogP contribution in [0, 0.1) is 0 Å². The topological polar surface area (TPSA) is 71.3 Å². The van der Waals surface area contributed by atoms with Crippen molar-refractivity contribution < 1.29 is 14.7 Å². The fourth-order valence-corrected chi connectivity index (χ4v) is 4.82. The van der Waals surface area contributed by atoms with E-state index < -0.39 is 5.91 Å². The maximum atomic E-state index is 12.9. The zero-order valence-electron chi connectivity index (χ0n) is 17.0. The first-order valence-electron chi connectivity index (χ1n) is 10.3. The number of hydrogen-bond donors (Lipinski definition) is 2. The average Bonchev–Trinajstić information content (AvgIpc) is 3.21. The number of benzene rings is 3. The molecule has 0 atom stereocenters. The lowest BCUT2D eigenvalue weighted by atomic mass is 9.92. The summed E-state index contributed by atoms with van der Waals surface area (Å²) in [5.74, 6) is -0.770. The fraction of sp³-hybridized carbons (Fsp3) is 0.200. The number of unbranched alkanes of at least 4 members (excludes halogenated alkanes) is 1. The second kappa shape index (κ2) is 7.52. The molecule has 156 valence electrons. The van der Waals surface area contributed by atoms with Crippen LogP contribution in [0.2, 0.25) is 5.02 Å². The van der Waals surface area contributed by atoms with Gasteiger partial charge in [-0.3, -0.25) is 14.9 Å². The van der Waals surface area contributed by atoms with E-state index >= 15 is 0 Å². The standard InChI is InChI=1S/C25H21ClN2O3/c1-28-19-12-14(6-4-5-11-29)9-10-16(19)21-20(28)13-17(15-7-2-3-8-18(15)26)22-23(21)25(31)27-24(22)30/h2-3,7-10,12-13,29H,4-6,11H2,1H3,(H,27,30,31). The van der Waals surface area contributed by atoms with Crippen LogP contribution in [0.4, 0.5) is 0 Å². The molecule has 2 amide bonds. The van der Waals surface area contributed by atoms with Crippen molar-refractivity contribution in [2.24, 2.45) is 7.05 Å². The van der Waals surface area contributed by atoms with E-state index in [2.05, 4.69) is 22.0 Å². The highest BCUT2D eigenvalue weighted by Gasteiger charge is 2.34. The minimum Gasteiger partial charge on any atom is -0.396 e. The zero-order valence-corrected chi connectivity index (χ0v) is 17.8. The molecule has 0 aliphatic carbocycles. The van der Waals surface area contributed by atoms with Gasteiger partial charge in [-0.15, -0.1) is 0 Å². The highest BCUT2D eigenvalue weighted by Crippen LogP contribution is 2.41. The zero-order chi connectivity index (χ0) is 21.7. The molecule has 31 heavy (non-hydrogen) atoms. The van der Waals surface area contributed by atoms with Gasteiger partial charge in [-0.05, 0) is 48.6 Å². The molecule has 1 aromatic heterocycles. The molecule has 0 bridgehead atoms. The first kappa shape index (κ1) is 19.8. The van der Waals surface area contributed by atoms with Crippen molar-refractivity contribution in [3.8, 4) is 11.1 Å². The molecule has 4 aromatic rings. The van der Waals surface area contributed by atoms with Gasteiger partial charge in [0.1, 0.15) is 0 Å². The van der Waals surface area contributed by atoms with Crippen LogP contribution >= 0.6 is 11.6 Å². The minimum absolute atomic E-state index is 0.191. The second-order valence-corrected chi connectivity index (χ2v) is 8.33. The molecule has 1 aliphatic heterocycles. The van der Waals surface area contributed by atoms with Gasteiger partial charge >= 0.3 is 0 Å². The number of aliphatic hydroxyl groups excluding tert-OH is 1. The lowest BCUT2D eigenvalue weighted by molar-refractivity contribution is 0.0880. The molecule has 0 radical (unpaired) electrons. The Labute approximate surface area is 184 Å². The summed E-state index contributed by atoms with van der Waals surface area (Å²) >= 11 is 6.45. The van der Waals surface area contributed by atoms with Crippen molar-refractivity contribution in [2.45, 2.75) is 19.3 Å². The van der Waals surface area contributed by atoms with Crippen molar-refractivity contribution >= 4 is 45.2 Å². The van der Waals surface area contributed by atoms with E-state index in [0.717, 1.165) is 46.6 Å². The van der Waals surface area contributed by atoms with E-state index in [1.165, 1.54) is 5.56 Å². The molecule has 0 saturated carbocycles. The van der Waals surface area contributed by atoms with Gasteiger partial charge in [-0.1, -0.05) is 41.9 Å². The summed E-state index contributed by atoms with van der Waals surface area (Å²) in [6.45, 7) is 0.191. The van der Waals surface area contributed by atoms with Crippen LogP contribution < -0.4 is 5.32 Å². The van der Waals surface area contributed by atoms with Crippen LogP contribution in [0.5, 0.6) is 0 Å². The molecule has 2 N–H and O–H groups in total. The lowest BCUT2D eigenvalue weighted by Gasteiger charge is -2.10. The fourth-order valence-electron chi connectivity index (χ4n) is 4.58. The Hall–Kier alpha value is -3.15. The first-order valence-corrected chi connectivity index (χ1v) is 10.7. The molecule has 5 rings (SSSR count). The number of hydrogen-bond acceptors (Lipinski definition) is 3. The number of nitrogens with one attached hydrogen (secondary N) is 1. The third-order valence-electron chi connectivity index (χ3n) is 6.08. The van der Waals surface area contributed by atoms with Crippen molar-refractivity contribution in [3.63, 3.8) is 0 Å². The minimum atomic E-state index is -0.394. The maximum absolute atomic E-state index is 12.9. The normalized spacial score (nSPS) is 13.3. The molecule has 3 aromatic carbocycles. The highest BCUT2D eigenvalue weighted by atomic mass is 35.5. The van der Waals surface area contributed by atoms with Gasteiger partial charge in [-0.2, -0.15) is 0 Å². The molecule has 0 spiro atoms. The molecular formula is C25H21ClN2O3. The summed E-state index contributed by atoms with van der Waals surface area (Å²) in [6, 6.07) is 15.5. The summed E-state index contributed by atoms with van der Waals surface area (Å²) in [5, 5.41) is 13.8. The van der Waals surface area contributed by atoms with Gasteiger partial charge < -0.3 is 9.67 Å². The molecule has 0 unspecified atom stereocenters. The van der Waals surface area contributed by atoms with E-state index in [1.54, 1.807) is 6.07 Å². The number of aromatic nitrogens is 1. The van der Waals surface area contributed by atoms with Gasteiger partial charge in [0.05, 0.1) is 16.6 Å². The van der Waals surface area contributed by atoms with Crippen molar-refractivity contribution in [2.75, 3.05) is 6.61 Å². The predicted molar refractivity (Wildman–Crippen MR) is 123 cm³/mol. The molecule has 1 aliphatic rings. The number of aliphatic hydroxyl groups is 1. The van der Waals surface area contributed by atoms with Crippen molar-refractivity contribution in [1.82, 2.24) is 9.88 Å². The monoisotopic (exact) mass is 432 g/mol. The van der Waals surface area contributed by atoms with E-state index in [1.807, 2.05) is 37.4 Å². The maximum Gasteiger partial charge on any atom is 0.259 e. The van der Waals surface area contributed by atoms with Crippen LogP contribution in [0.25, 0.3) is 32.9 Å². The highest BCUT2D eigenvalue weighted by molar-refractivity contribution is 6.36. The summed E-state index contributed by atoms with van der Waals surface area (Å²) in [5.41, 5.74) is 5.23. The van der Waals surface area contributed by atoms with Gasteiger partial charge in [0.25, 0.3) is 11.8 Å². The molecule has 5 nitrogen and oxygen atoms in total. The van der Waals surface area contributed by atoms with Crippen molar-refractivity contribution in [1.29, 1.82) is 0 Å². The smallest absolute Gasteiger partial charge is 0.259 e. The summed E-state index contributed by atoms with van der Waals surface area (Å²) in [4.78, 5) is 25.6. The van der Waals surface area contributed by atoms with Crippen LogP contribution in [-0.4, -0.2) is 28.1 Å². The summed E-state index contributed by atoms with van der Waals surface area (Å²) in [6.07, 6.45) is 2.55. The number of fused-ring (bicyclic) bond motifs is 5. The molecule has 2 heterocycles. The van der Waals surface area contributed by atoms with E-state index in [9.17, 15) is 9.59 Å². The van der Waals surface area contributed by atoms with Gasteiger partial charge in [0.2, 0.25) is 0 Å². The Morgan fingerprint density at radius 3 is 2.48 bits per heavy atom. The number of aryl methyl sites for hydroxylation is 2. The molecule has 0 fully saturated rings. The molecular weight excluding hydrogens is 412 g/mol. The number of amides is 2. The summed E-state index contributed by atoms with van der Waals surface area (Å²) in [7, 11) is 1.97. The largest absolute Gasteiger partial charge is 0.396 e. The first-order chi connectivity index (χ1) is 15.0. The van der Waals surface area contributed by atoms with Crippen LogP contribution in [0.3, 0.4) is 0 Å². The third kappa shape index (κ3) is 3.04. The quantitative estimate of drug-likeness (QED) is 0.350. The van der Waals surface area contributed by atoms with E-state index in [4.69, 9.17) is 16.7 Å². The number of halogens is 1. The Bertz CT molecular complexity index is 1390. The van der Waals surface area contributed by atoms with E-state index in [-0.39, 0.29) is 12.5 Å². The third-order valence-corrected chi connectivity index (χ3v) is 6.41. The lowest BCUT2D eigenvalue weighted by Crippen LogP contribution is -2.20. The Balaban J connectivity index is 1.82. The van der Waals surface area contributed by atoms with Gasteiger partial charge in [-0.25, -0.2) is 0 Å². The van der Waals surface area contributed by atoms with Crippen LogP contribution in [0.1, 0.15) is 39.1 Å². The van der Waals surface area contributed by atoms with Gasteiger partial charge in [0, 0.05) is 40.5 Å². The number of carbonyl (C=O) groups excluding carboxylic acids is 2. The molecule has 0 saturated heterocycles.